The van der Waals surface area contributed by atoms with Crippen molar-refractivity contribution in [1.29, 1.82) is 0 Å². The van der Waals surface area contributed by atoms with Crippen molar-refractivity contribution < 1.29 is 64.5 Å². The van der Waals surface area contributed by atoms with Gasteiger partial charge in [0, 0.05) is 0 Å². The molecule has 0 rings (SSSR count). The van der Waals surface area contributed by atoms with E-state index in [0.717, 1.165) is 0 Å². The van der Waals surface area contributed by atoms with Crippen LogP contribution in [0.3, 0.4) is 0 Å². The molecule has 0 aromatic heterocycles. The molecule has 0 aliphatic carbocycles. The van der Waals surface area contributed by atoms with Gasteiger partial charge in [-0.15, -0.1) is 0 Å². The Morgan fingerprint density at radius 2 is 1.18 bits per heavy atom. The van der Waals surface area contributed by atoms with Gasteiger partial charge in [-0.3, -0.25) is 13.9 Å². The first-order valence-corrected chi connectivity index (χ1v) is 5.04. The van der Waals surface area contributed by atoms with Crippen LogP contribution in [-0.2, 0) is 9.13 Å². The number of carbonyl (C=O) groups is 1. The zero-order chi connectivity index (χ0) is 8.58. The summed E-state index contributed by atoms with van der Waals surface area (Å²) >= 11 is 0. The topological polar surface area (TPSA) is 132 Å². The Morgan fingerprint density at radius 1 is 1.00 bits per heavy atom. The number of hydrogen-bond donors (Lipinski definition) is 4. The molecule has 0 amide bonds. The molecule has 62 valence electrons. The SMILES string of the molecule is O=C(P(=O)(O)O)P(=O)(O)O.[H-].[Na+]. The van der Waals surface area contributed by atoms with E-state index in [4.69, 9.17) is 19.6 Å². The van der Waals surface area contributed by atoms with Gasteiger partial charge in [-0.1, -0.05) is 0 Å². The molecule has 0 aliphatic rings. The Kier molecular flexibility index (Phi) is 5.63. The minimum absolute atomic E-state index is 0. The summed E-state index contributed by atoms with van der Waals surface area (Å²) in [6, 6.07) is 0. The fourth-order valence-corrected chi connectivity index (χ4v) is 1.53. The summed E-state index contributed by atoms with van der Waals surface area (Å²) < 4.78 is 19.7. The van der Waals surface area contributed by atoms with Gasteiger partial charge >= 0.3 is 50.0 Å². The Morgan fingerprint density at radius 3 is 1.18 bits per heavy atom. The van der Waals surface area contributed by atoms with Crippen LogP contribution in [0.1, 0.15) is 1.43 Å². The third-order valence-electron chi connectivity index (χ3n) is 0.498. The molecule has 0 aliphatic heterocycles. The second kappa shape index (κ2) is 4.28. The van der Waals surface area contributed by atoms with Crippen LogP contribution in [0.4, 0.5) is 4.79 Å². The molecule has 7 nitrogen and oxygen atoms in total. The van der Waals surface area contributed by atoms with Crippen LogP contribution in [-0.4, -0.2) is 24.8 Å². The van der Waals surface area contributed by atoms with Crippen LogP contribution < -0.4 is 29.6 Å². The van der Waals surface area contributed by atoms with Crippen molar-refractivity contribution in [2.24, 2.45) is 0 Å². The first-order valence-electron chi connectivity index (χ1n) is 1.82. The fourth-order valence-electron chi connectivity index (χ4n) is 0.170. The average molecular weight is 214 g/mol. The minimum atomic E-state index is -5.28. The van der Waals surface area contributed by atoms with Crippen molar-refractivity contribution >= 4 is 20.5 Å². The summed E-state index contributed by atoms with van der Waals surface area (Å²) in [4.78, 5) is 41.5. The summed E-state index contributed by atoms with van der Waals surface area (Å²) in [7, 11) is -10.6. The molecule has 0 saturated heterocycles. The molecule has 0 bridgehead atoms. The van der Waals surface area contributed by atoms with Crippen LogP contribution in [0.5, 0.6) is 0 Å². The van der Waals surface area contributed by atoms with Crippen molar-refractivity contribution in [3.8, 4) is 0 Å². The monoisotopic (exact) mass is 214 g/mol. The zero-order valence-electron chi connectivity index (χ0n) is 6.41. The first-order chi connectivity index (χ1) is 4.15. The van der Waals surface area contributed by atoms with E-state index < -0.39 is 20.5 Å². The Labute approximate surface area is 84.9 Å². The molecule has 0 aromatic carbocycles. The smallest absolute Gasteiger partial charge is 1.00 e. The molecule has 0 unspecified atom stereocenters. The Bertz CT molecular complexity index is 214. The van der Waals surface area contributed by atoms with Gasteiger partial charge in [0.15, 0.2) is 0 Å². The zero-order valence-corrected chi connectivity index (χ0v) is 9.20. The standard InChI is InChI=1S/CH4O7P2.Na.H/c2-1(9(3,4)5)10(6,7)8;;/h(H2,3,4,5)(H2,6,7,8);;/q;+1;-1. The molecular weight excluding hydrogens is 209 g/mol. The summed E-state index contributed by atoms with van der Waals surface area (Å²) in [6.07, 6.45) is 0. The van der Waals surface area contributed by atoms with Gasteiger partial charge in [-0.2, -0.15) is 0 Å². The van der Waals surface area contributed by atoms with Crippen LogP contribution in [0.2, 0.25) is 0 Å². The maximum absolute atomic E-state index is 9.96. The fraction of sp³-hybridized carbons (Fsp3) is 0. The molecule has 0 saturated carbocycles. The van der Waals surface area contributed by atoms with Crippen molar-refractivity contribution in [3.05, 3.63) is 0 Å². The maximum atomic E-state index is 9.96. The van der Waals surface area contributed by atoms with Crippen LogP contribution in [0.15, 0.2) is 0 Å². The summed E-state index contributed by atoms with van der Waals surface area (Å²) in [5.74, 6) is 0. The molecule has 10 heteroatoms. The van der Waals surface area contributed by atoms with E-state index in [1.54, 1.807) is 0 Å². The first kappa shape index (κ1) is 14.5. The van der Waals surface area contributed by atoms with E-state index >= 15 is 0 Å². The largest absolute Gasteiger partial charge is 1.00 e. The van der Waals surface area contributed by atoms with E-state index in [0.29, 0.717) is 0 Å². The van der Waals surface area contributed by atoms with Gasteiger partial charge in [0.2, 0.25) is 0 Å². The van der Waals surface area contributed by atoms with E-state index in [2.05, 4.69) is 0 Å². The van der Waals surface area contributed by atoms with Crippen molar-refractivity contribution in [1.82, 2.24) is 0 Å². The molecule has 0 atom stereocenters. The second-order valence-electron chi connectivity index (χ2n) is 1.37. The van der Waals surface area contributed by atoms with E-state index in [1.807, 2.05) is 0 Å². The average Bonchev–Trinajstić information content (AvgIpc) is 1.59. The molecule has 0 heterocycles. The third-order valence-corrected chi connectivity index (χ3v) is 3.06. The van der Waals surface area contributed by atoms with Crippen molar-refractivity contribution in [3.63, 3.8) is 0 Å². The van der Waals surface area contributed by atoms with Gasteiger partial charge in [-0.25, -0.2) is 0 Å². The summed E-state index contributed by atoms with van der Waals surface area (Å²) in [5.41, 5.74) is 0. The van der Waals surface area contributed by atoms with E-state index in [9.17, 15) is 13.9 Å². The number of carbonyl (C=O) groups excluding carboxylic acids is 1. The van der Waals surface area contributed by atoms with E-state index in [1.165, 1.54) is 0 Å². The molecule has 0 fully saturated rings. The molecule has 0 radical (unpaired) electrons. The third kappa shape index (κ3) is 5.25. The van der Waals surface area contributed by atoms with Crippen LogP contribution >= 0.6 is 15.2 Å². The van der Waals surface area contributed by atoms with Gasteiger partial charge in [0.25, 0.3) is 0 Å². The predicted octanol–water partition coefficient (Wildman–Crippen LogP) is -3.42. The molecule has 11 heavy (non-hydrogen) atoms. The van der Waals surface area contributed by atoms with E-state index in [-0.39, 0.29) is 31.0 Å². The maximum Gasteiger partial charge on any atom is 1.00 e. The van der Waals surface area contributed by atoms with Crippen LogP contribution in [0.25, 0.3) is 0 Å². The van der Waals surface area contributed by atoms with Gasteiger partial charge < -0.3 is 21.0 Å². The summed E-state index contributed by atoms with van der Waals surface area (Å²) in [6.45, 7) is 0. The minimum Gasteiger partial charge on any atom is -1.00 e. The predicted molar refractivity (Wildman–Crippen MR) is 30.6 cm³/mol. The molecule has 4 N–H and O–H groups in total. The molecular formula is CH5NaO7P2. The number of hydrogen-bond acceptors (Lipinski definition) is 3. The Balaban J connectivity index is -0.000000405. The van der Waals surface area contributed by atoms with Crippen LogP contribution in [0, 0.1) is 0 Å². The summed E-state index contributed by atoms with van der Waals surface area (Å²) in [5, 5.41) is -2.35. The Hall–Kier alpha value is 0.970. The van der Waals surface area contributed by atoms with Gasteiger partial charge in [-0.05, 0) is 0 Å². The van der Waals surface area contributed by atoms with Crippen molar-refractivity contribution in [2.45, 2.75) is 0 Å². The van der Waals surface area contributed by atoms with Gasteiger partial charge in [0.1, 0.15) is 0 Å². The molecule has 0 aromatic rings. The number of rotatable bonds is 2. The quantitative estimate of drug-likeness (QED) is 0.278. The van der Waals surface area contributed by atoms with Gasteiger partial charge in [0.05, 0.1) is 0 Å². The molecule has 0 spiro atoms. The van der Waals surface area contributed by atoms with Crippen molar-refractivity contribution in [2.75, 3.05) is 0 Å². The second-order valence-corrected chi connectivity index (χ2v) is 4.71. The normalized spacial score (nSPS) is 12.0.